The predicted molar refractivity (Wildman–Crippen MR) is 178 cm³/mol. The number of carbonyl (C=O) groups is 3. The summed E-state index contributed by atoms with van der Waals surface area (Å²) in [5.41, 5.74) is 3.30. The second-order valence-corrected chi connectivity index (χ2v) is 13.2. The minimum absolute atomic E-state index is 0.154. The van der Waals surface area contributed by atoms with Crippen LogP contribution in [-0.4, -0.2) is 56.0 Å². The quantitative estimate of drug-likeness (QED) is 0.231. The molecule has 246 valence electrons. The van der Waals surface area contributed by atoms with Gasteiger partial charge in [-0.3, -0.25) is 14.5 Å². The molecule has 0 bridgehead atoms. The molecule has 46 heavy (non-hydrogen) atoms. The van der Waals surface area contributed by atoms with Gasteiger partial charge in [-0.25, -0.2) is 4.79 Å². The van der Waals surface area contributed by atoms with E-state index in [1.54, 1.807) is 59.1 Å². The molecule has 9 nitrogen and oxygen atoms in total. The van der Waals surface area contributed by atoms with Gasteiger partial charge < -0.3 is 24.3 Å². The zero-order valence-corrected chi connectivity index (χ0v) is 28.0. The third-order valence-corrected chi connectivity index (χ3v) is 7.69. The highest BCUT2D eigenvalue weighted by Gasteiger charge is 2.30. The van der Waals surface area contributed by atoms with Gasteiger partial charge >= 0.3 is 12.1 Å². The number of rotatable bonds is 11. The van der Waals surface area contributed by atoms with Crippen LogP contribution in [0.1, 0.15) is 80.9 Å². The zero-order chi connectivity index (χ0) is 33.5. The maximum absolute atomic E-state index is 14.2. The predicted octanol–water partition coefficient (Wildman–Crippen LogP) is 6.86. The molecule has 0 fully saturated rings. The molecule has 0 aromatic heterocycles. The van der Waals surface area contributed by atoms with E-state index in [1.807, 2.05) is 32.0 Å². The van der Waals surface area contributed by atoms with Crippen molar-refractivity contribution in [1.29, 1.82) is 0 Å². The number of hydrogen-bond donors (Lipinski definition) is 1. The first-order valence-corrected chi connectivity index (χ1v) is 15.7. The van der Waals surface area contributed by atoms with E-state index in [0.29, 0.717) is 22.7 Å². The fourth-order valence-electron chi connectivity index (χ4n) is 5.52. The number of esters is 1. The smallest absolute Gasteiger partial charge is 0.408 e. The van der Waals surface area contributed by atoms with Crippen LogP contribution in [0.3, 0.4) is 0 Å². The number of benzene rings is 3. The number of hydrogen-bond acceptors (Lipinski definition) is 7. The van der Waals surface area contributed by atoms with Gasteiger partial charge in [-0.2, -0.15) is 0 Å². The number of methoxy groups -OCH3 is 1. The maximum atomic E-state index is 14.2. The van der Waals surface area contributed by atoms with E-state index in [0.717, 1.165) is 24.8 Å². The first-order valence-electron chi connectivity index (χ1n) is 15.7. The van der Waals surface area contributed by atoms with Gasteiger partial charge in [-0.05, 0) is 114 Å². The molecule has 0 saturated heterocycles. The Kier molecular flexibility index (Phi) is 11.0. The molecular formula is C37H46N2O7. The van der Waals surface area contributed by atoms with Crippen LogP contribution in [0.5, 0.6) is 11.5 Å². The van der Waals surface area contributed by atoms with E-state index < -0.39 is 23.2 Å². The van der Waals surface area contributed by atoms with Crippen LogP contribution in [-0.2, 0) is 27.1 Å². The summed E-state index contributed by atoms with van der Waals surface area (Å²) in [4.78, 5) is 40.7. The van der Waals surface area contributed by atoms with Crippen molar-refractivity contribution < 1.29 is 33.3 Å². The summed E-state index contributed by atoms with van der Waals surface area (Å²) >= 11 is 0. The van der Waals surface area contributed by atoms with Crippen molar-refractivity contribution in [2.45, 2.75) is 77.9 Å². The standard InChI is InChI=1S/C37H46N2O7/c1-8-44-33(40)23-39(32-22-30(43-7)19-20-31(32)28-14-13-25-11-9-10-12-27(25)21-28)34(41)26-15-17-29(18-16-26)45-24-37(5,6)38-35(42)46-36(2,3)4/h9-12,15-20,22,28H,8,13-14,21,23-24H2,1-7H3,(H,38,42)/t28-/m1/s1. The van der Waals surface area contributed by atoms with Gasteiger partial charge in [-0.1, -0.05) is 30.3 Å². The Morgan fingerprint density at radius 1 is 0.913 bits per heavy atom. The van der Waals surface area contributed by atoms with Gasteiger partial charge in [0.25, 0.3) is 5.91 Å². The van der Waals surface area contributed by atoms with Crippen molar-refractivity contribution >= 4 is 23.7 Å². The van der Waals surface area contributed by atoms with Crippen molar-refractivity contribution in [3.63, 3.8) is 0 Å². The SMILES string of the molecule is CCOC(=O)CN(C(=O)c1ccc(OCC(C)(C)NC(=O)OC(C)(C)C)cc1)c1cc(OC)ccc1[C@@H]1CCc2ccccc2C1. The lowest BCUT2D eigenvalue weighted by molar-refractivity contribution is -0.141. The molecule has 3 aromatic carbocycles. The van der Waals surface area contributed by atoms with Crippen LogP contribution in [0, 0.1) is 0 Å². The molecule has 0 aliphatic heterocycles. The Morgan fingerprint density at radius 2 is 1.59 bits per heavy atom. The van der Waals surface area contributed by atoms with Crippen LogP contribution < -0.4 is 19.7 Å². The van der Waals surface area contributed by atoms with Crippen molar-refractivity contribution in [1.82, 2.24) is 5.32 Å². The summed E-state index contributed by atoms with van der Waals surface area (Å²) < 4.78 is 22.1. The Labute approximate surface area is 272 Å². The molecule has 3 aromatic rings. The van der Waals surface area contributed by atoms with Gasteiger partial charge in [0, 0.05) is 11.6 Å². The molecule has 0 saturated carbocycles. The average molecular weight is 631 g/mol. The molecule has 2 amide bonds. The maximum Gasteiger partial charge on any atom is 0.408 e. The number of anilines is 1. The average Bonchev–Trinajstić information content (AvgIpc) is 3.01. The molecule has 1 N–H and O–H groups in total. The summed E-state index contributed by atoms with van der Waals surface area (Å²) in [6.45, 7) is 10.9. The van der Waals surface area contributed by atoms with Crippen molar-refractivity contribution in [3.05, 3.63) is 89.0 Å². The Hall–Kier alpha value is -4.53. The van der Waals surface area contributed by atoms with E-state index in [-0.39, 0.29) is 31.6 Å². The first kappa shape index (κ1) is 34.3. The van der Waals surface area contributed by atoms with Crippen LogP contribution in [0.4, 0.5) is 10.5 Å². The molecule has 0 unspecified atom stereocenters. The molecule has 0 radical (unpaired) electrons. The second-order valence-electron chi connectivity index (χ2n) is 13.2. The molecule has 1 aliphatic carbocycles. The Bertz CT molecular complexity index is 1530. The molecule has 1 atom stereocenters. The zero-order valence-electron chi connectivity index (χ0n) is 28.0. The van der Waals surface area contributed by atoms with E-state index in [4.69, 9.17) is 18.9 Å². The van der Waals surface area contributed by atoms with Crippen molar-refractivity contribution in [2.75, 3.05) is 31.8 Å². The number of nitrogens with zero attached hydrogens (tertiary/aromatic N) is 1. The van der Waals surface area contributed by atoms with E-state index >= 15 is 0 Å². The highest BCUT2D eigenvalue weighted by atomic mass is 16.6. The molecule has 0 heterocycles. The normalized spacial score (nSPS) is 14.5. The number of aryl methyl sites for hydroxylation is 1. The molecule has 4 rings (SSSR count). The van der Waals surface area contributed by atoms with Gasteiger partial charge in [0.1, 0.15) is 30.3 Å². The molecule has 0 spiro atoms. The largest absolute Gasteiger partial charge is 0.497 e. The lowest BCUT2D eigenvalue weighted by atomic mass is 9.79. The fourth-order valence-corrected chi connectivity index (χ4v) is 5.52. The topological polar surface area (TPSA) is 103 Å². The molecular weight excluding hydrogens is 584 g/mol. The van der Waals surface area contributed by atoms with Crippen molar-refractivity contribution in [2.24, 2.45) is 0 Å². The summed E-state index contributed by atoms with van der Waals surface area (Å²) in [6, 6.07) is 20.9. The minimum atomic E-state index is -0.713. The van der Waals surface area contributed by atoms with E-state index in [9.17, 15) is 14.4 Å². The van der Waals surface area contributed by atoms with E-state index in [1.165, 1.54) is 16.0 Å². The number of ether oxygens (including phenoxy) is 4. The molecule has 1 aliphatic rings. The number of alkyl carbamates (subject to hydrolysis) is 1. The second kappa shape index (κ2) is 14.7. The first-order chi connectivity index (χ1) is 21.8. The minimum Gasteiger partial charge on any atom is -0.497 e. The molecule has 9 heteroatoms. The number of amides is 2. The highest BCUT2D eigenvalue weighted by molar-refractivity contribution is 6.09. The van der Waals surface area contributed by atoms with Gasteiger partial charge in [0.15, 0.2) is 0 Å². The Morgan fingerprint density at radius 3 is 2.24 bits per heavy atom. The summed E-state index contributed by atoms with van der Waals surface area (Å²) in [5, 5.41) is 2.82. The van der Waals surface area contributed by atoms with Gasteiger partial charge in [-0.15, -0.1) is 0 Å². The lowest BCUT2D eigenvalue weighted by Gasteiger charge is -2.31. The number of nitrogens with one attached hydrogen (secondary N) is 1. The lowest BCUT2D eigenvalue weighted by Crippen LogP contribution is -2.49. The van der Waals surface area contributed by atoms with E-state index in [2.05, 4.69) is 29.6 Å². The summed E-state index contributed by atoms with van der Waals surface area (Å²) in [7, 11) is 1.58. The number of fused-ring (bicyclic) bond motifs is 1. The Balaban J connectivity index is 1.57. The highest BCUT2D eigenvalue weighted by Crippen LogP contribution is 2.39. The van der Waals surface area contributed by atoms with Crippen LogP contribution >= 0.6 is 0 Å². The number of carbonyl (C=O) groups excluding carboxylic acids is 3. The van der Waals surface area contributed by atoms with Crippen molar-refractivity contribution in [3.8, 4) is 11.5 Å². The fraction of sp³-hybridized carbons (Fsp3) is 0.432. The summed E-state index contributed by atoms with van der Waals surface area (Å²) in [6.07, 6.45) is 2.16. The van der Waals surface area contributed by atoms with Crippen LogP contribution in [0.25, 0.3) is 0 Å². The third kappa shape index (κ3) is 9.25. The monoisotopic (exact) mass is 630 g/mol. The van der Waals surface area contributed by atoms with Gasteiger partial charge in [0.2, 0.25) is 0 Å². The van der Waals surface area contributed by atoms with Crippen LogP contribution in [0.2, 0.25) is 0 Å². The van der Waals surface area contributed by atoms with Crippen LogP contribution in [0.15, 0.2) is 66.7 Å². The summed E-state index contributed by atoms with van der Waals surface area (Å²) in [5.74, 6) is 0.413. The third-order valence-electron chi connectivity index (χ3n) is 7.69. The van der Waals surface area contributed by atoms with Gasteiger partial charge in [0.05, 0.1) is 24.9 Å².